The second-order valence-electron chi connectivity index (χ2n) is 10.2. The number of aromatic nitrogens is 3. The van der Waals surface area contributed by atoms with E-state index in [1.54, 1.807) is 43.7 Å². The number of nitrogens with zero attached hydrogens (tertiary/aromatic N) is 4. The molecular formula is C27H26ClF3N4O6S. The number of esters is 1. The van der Waals surface area contributed by atoms with Crippen molar-refractivity contribution in [2.75, 3.05) is 0 Å². The van der Waals surface area contributed by atoms with Crippen molar-refractivity contribution in [1.82, 2.24) is 13.7 Å². The minimum atomic E-state index is -4.91. The SMILES string of the molecule is Cc1oc2c(c1C=CN=c1scc(-c3ccc(OC(F)(F)F)c(Cl)c3)n1COC(=O)C(C)(C)C)c(=O)n(C)c(=O)n2C. The van der Waals surface area contributed by atoms with Crippen LogP contribution in [-0.4, -0.2) is 26.0 Å². The molecule has 3 heterocycles. The number of carbonyl (C=O) groups is 1. The predicted octanol–water partition coefficient (Wildman–Crippen LogP) is 5.34. The lowest BCUT2D eigenvalue weighted by Gasteiger charge is -2.18. The summed E-state index contributed by atoms with van der Waals surface area (Å²) in [6.45, 7) is 6.48. The second kappa shape index (κ2) is 11.3. The van der Waals surface area contributed by atoms with Crippen LogP contribution in [0.1, 0.15) is 32.1 Å². The number of furan rings is 1. The molecule has 3 aromatic heterocycles. The van der Waals surface area contributed by atoms with Crippen LogP contribution < -0.4 is 20.8 Å². The summed E-state index contributed by atoms with van der Waals surface area (Å²) in [7, 11) is 2.86. The Morgan fingerprint density at radius 1 is 1.17 bits per heavy atom. The lowest BCUT2D eigenvalue weighted by molar-refractivity contribution is -0.274. The molecule has 0 saturated carbocycles. The van der Waals surface area contributed by atoms with E-state index in [-0.39, 0.29) is 22.9 Å². The highest BCUT2D eigenvalue weighted by atomic mass is 35.5. The Bertz CT molecular complexity index is 1900. The minimum Gasteiger partial charge on any atom is -0.444 e. The molecule has 0 fully saturated rings. The van der Waals surface area contributed by atoms with Crippen LogP contribution in [0.5, 0.6) is 5.75 Å². The van der Waals surface area contributed by atoms with Crippen molar-refractivity contribution >= 4 is 46.1 Å². The third kappa shape index (κ3) is 6.23. The van der Waals surface area contributed by atoms with Crippen molar-refractivity contribution < 1.29 is 31.9 Å². The molecule has 0 spiro atoms. The highest BCUT2D eigenvalue weighted by Crippen LogP contribution is 2.34. The quantitative estimate of drug-likeness (QED) is 0.267. The van der Waals surface area contributed by atoms with E-state index in [0.717, 1.165) is 10.6 Å². The van der Waals surface area contributed by atoms with Crippen LogP contribution in [0.4, 0.5) is 13.2 Å². The molecule has 0 N–H and O–H groups in total. The first-order valence-corrected chi connectivity index (χ1v) is 13.6. The lowest BCUT2D eigenvalue weighted by atomic mass is 9.98. The monoisotopic (exact) mass is 626 g/mol. The van der Waals surface area contributed by atoms with E-state index in [4.69, 9.17) is 20.8 Å². The van der Waals surface area contributed by atoms with Gasteiger partial charge < -0.3 is 13.9 Å². The summed E-state index contributed by atoms with van der Waals surface area (Å²) < 4.78 is 57.0. The highest BCUT2D eigenvalue weighted by Gasteiger charge is 2.32. The Labute approximate surface area is 245 Å². The molecule has 0 bridgehead atoms. The number of benzene rings is 1. The molecule has 0 aliphatic carbocycles. The van der Waals surface area contributed by atoms with Gasteiger partial charge in [0.05, 0.1) is 16.1 Å². The Morgan fingerprint density at radius 2 is 1.86 bits per heavy atom. The van der Waals surface area contributed by atoms with Crippen LogP contribution in [0, 0.1) is 12.3 Å². The smallest absolute Gasteiger partial charge is 0.444 e. The van der Waals surface area contributed by atoms with E-state index in [1.165, 1.54) is 48.3 Å². The van der Waals surface area contributed by atoms with Crippen molar-refractivity contribution in [3.8, 4) is 17.0 Å². The molecule has 0 radical (unpaired) electrons. The third-order valence-electron chi connectivity index (χ3n) is 6.12. The van der Waals surface area contributed by atoms with Crippen molar-refractivity contribution in [2.24, 2.45) is 24.5 Å². The van der Waals surface area contributed by atoms with E-state index in [2.05, 4.69) is 9.73 Å². The van der Waals surface area contributed by atoms with Crippen molar-refractivity contribution in [3.05, 3.63) is 71.8 Å². The lowest BCUT2D eigenvalue weighted by Crippen LogP contribution is -2.36. The first-order chi connectivity index (χ1) is 19.5. The molecule has 0 saturated heterocycles. The van der Waals surface area contributed by atoms with E-state index in [9.17, 15) is 27.6 Å². The van der Waals surface area contributed by atoms with E-state index in [1.807, 2.05) is 0 Å². The van der Waals surface area contributed by atoms with Gasteiger partial charge in [-0.25, -0.2) is 9.79 Å². The number of thiazole rings is 1. The number of alkyl halides is 3. The zero-order valence-electron chi connectivity index (χ0n) is 23.3. The molecule has 15 heteroatoms. The van der Waals surface area contributed by atoms with Crippen LogP contribution in [0.2, 0.25) is 5.02 Å². The molecule has 224 valence electrons. The fourth-order valence-corrected chi connectivity index (χ4v) is 5.02. The normalized spacial score (nSPS) is 13.0. The molecule has 1 aromatic carbocycles. The molecule has 0 amide bonds. The Morgan fingerprint density at radius 3 is 2.48 bits per heavy atom. The van der Waals surface area contributed by atoms with Crippen molar-refractivity contribution in [1.29, 1.82) is 0 Å². The zero-order chi connectivity index (χ0) is 31.1. The van der Waals surface area contributed by atoms with E-state index >= 15 is 0 Å². The number of rotatable bonds is 6. The molecule has 0 aliphatic heterocycles. The van der Waals surface area contributed by atoms with E-state index in [0.29, 0.717) is 27.4 Å². The maximum absolute atomic E-state index is 12.8. The van der Waals surface area contributed by atoms with Gasteiger partial charge in [0, 0.05) is 36.8 Å². The molecular weight excluding hydrogens is 601 g/mol. The van der Waals surface area contributed by atoms with Gasteiger partial charge in [0.15, 0.2) is 11.5 Å². The van der Waals surface area contributed by atoms with Crippen molar-refractivity contribution in [2.45, 2.75) is 40.8 Å². The topological polar surface area (TPSA) is 110 Å². The Kier molecular flexibility index (Phi) is 8.33. The minimum absolute atomic E-state index is 0.123. The van der Waals surface area contributed by atoms with Crippen LogP contribution in [0.25, 0.3) is 28.4 Å². The summed E-state index contributed by atoms with van der Waals surface area (Å²) in [5.41, 5.74) is -0.414. The zero-order valence-corrected chi connectivity index (χ0v) is 24.9. The van der Waals surface area contributed by atoms with Crippen LogP contribution in [-0.2, 0) is 30.4 Å². The number of hydrogen-bond donors (Lipinski definition) is 0. The van der Waals surface area contributed by atoms with Crippen LogP contribution in [0.15, 0.2) is 48.8 Å². The van der Waals surface area contributed by atoms with Gasteiger partial charge in [0.2, 0.25) is 5.71 Å². The van der Waals surface area contributed by atoms with Gasteiger partial charge in [0.1, 0.15) is 16.9 Å². The largest absolute Gasteiger partial charge is 0.573 e. The number of halogens is 4. The molecule has 4 rings (SSSR count). The molecule has 4 aromatic rings. The number of hydrogen-bond acceptors (Lipinski definition) is 8. The Hall–Kier alpha value is -4.04. The highest BCUT2D eigenvalue weighted by molar-refractivity contribution is 7.07. The first kappa shape index (κ1) is 30.9. The molecule has 0 unspecified atom stereocenters. The summed E-state index contributed by atoms with van der Waals surface area (Å²) in [5, 5.41) is 1.61. The summed E-state index contributed by atoms with van der Waals surface area (Å²) in [6, 6.07) is 3.77. The van der Waals surface area contributed by atoms with Gasteiger partial charge in [-0.2, -0.15) is 0 Å². The summed E-state index contributed by atoms with van der Waals surface area (Å²) in [5.74, 6) is -0.653. The standard InChI is InChI=1S/C27H26ClF3N4O6S/c1-14-16(20-21(36)33(5)25(38)34(6)22(20)40-14)9-10-32-24-35(13-39-23(37)26(2,3)4)18(12-42-24)15-7-8-19(17(28)11-15)41-27(29,30)31/h7-12H,13H2,1-6H3. The maximum atomic E-state index is 12.8. The summed E-state index contributed by atoms with van der Waals surface area (Å²) in [6.07, 6.45) is -1.94. The average molecular weight is 627 g/mol. The van der Waals surface area contributed by atoms with Gasteiger partial charge in [-0.3, -0.25) is 23.3 Å². The molecule has 0 atom stereocenters. The number of fused-ring (bicyclic) bond motifs is 1. The summed E-state index contributed by atoms with van der Waals surface area (Å²) in [4.78, 5) is 42.5. The number of ether oxygens (including phenoxy) is 2. The second-order valence-corrected chi connectivity index (χ2v) is 11.5. The van der Waals surface area contributed by atoms with E-state index < -0.39 is 34.7 Å². The number of aryl methyl sites for hydroxylation is 2. The predicted molar refractivity (Wildman–Crippen MR) is 151 cm³/mol. The third-order valence-corrected chi connectivity index (χ3v) is 7.30. The fourth-order valence-electron chi connectivity index (χ4n) is 3.92. The molecule has 10 nitrogen and oxygen atoms in total. The number of carbonyl (C=O) groups excluding carboxylic acids is 1. The summed E-state index contributed by atoms with van der Waals surface area (Å²) >= 11 is 7.24. The van der Waals surface area contributed by atoms with Gasteiger partial charge >= 0.3 is 18.0 Å². The van der Waals surface area contributed by atoms with Crippen LogP contribution >= 0.6 is 22.9 Å². The first-order valence-electron chi connectivity index (χ1n) is 12.3. The average Bonchev–Trinajstić information content (AvgIpc) is 3.45. The maximum Gasteiger partial charge on any atom is 0.573 e. The Balaban J connectivity index is 1.79. The van der Waals surface area contributed by atoms with Gasteiger partial charge in [-0.1, -0.05) is 11.6 Å². The van der Waals surface area contributed by atoms with Crippen molar-refractivity contribution in [3.63, 3.8) is 0 Å². The molecule has 0 aliphatic rings. The molecule has 42 heavy (non-hydrogen) atoms. The van der Waals surface area contributed by atoms with Gasteiger partial charge in [-0.05, 0) is 52.0 Å². The fraction of sp³-hybridized carbons (Fsp3) is 0.333. The van der Waals surface area contributed by atoms with Gasteiger partial charge in [-0.15, -0.1) is 24.5 Å². The van der Waals surface area contributed by atoms with Gasteiger partial charge in [0.25, 0.3) is 5.56 Å². The van der Waals surface area contributed by atoms with Crippen LogP contribution in [0.3, 0.4) is 0 Å².